The fourth-order valence-corrected chi connectivity index (χ4v) is 5.24. The average molecular weight is 461 g/mol. The molecule has 1 aliphatic rings. The predicted molar refractivity (Wildman–Crippen MR) is 122 cm³/mol. The lowest BCUT2D eigenvalue weighted by Gasteiger charge is -2.34. The van der Waals surface area contributed by atoms with Crippen LogP contribution in [0.3, 0.4) is 0 Å². The largest absolute Gasteiger partial charge is 0.375 e. The molecule has 1 amide bonds. The molecule has 0 aromatic heterocycles. The van der Waals surface area contributed by atoms with E-state index in [1.165, 1.54) is 28.6 Å². The second-order valence-electron chi connectivity index (χ2n) is 7.74. The third-order valence-electron chi connectivity index (χ3n) is 5.61. The zero-order valence-corrected chi connectivity index (χ0v) is 19.1. The maximum Gasteiger partial charge on any atom is 0.289 e. The number of sulfonamides is 1. The summed E-state index contributed by atoms with van der Waals surface area (Å²) in [5, 5.41) is 11.2. The van der Waals surface area contributed by atoms with Crippen LogP contribution in [0.4, 0.5) is 11.4 Å². The Kier molecular flexibility index (Phi) is 7.47. The first-order chi connectivity index (χ1) is 15.3. The Labute approximate surface area is 188 Å². The molecule has 32 heavy (non-hydrogen) atoms. The monoisotopic (exact) mass is 460 g/mol. The molecule has 9 nitrogen and oxygen atoms in total. The highest BCUT2D eigenvalue weighted by Crippen LogP contribution is 2.27. The van der Waals surface area contributed by atoms with Gasteiger partial charge in [-0.3, -0.25) is 14.9 Å². The number of benzene rings is 2. The number of rotatable bonds is 8. The number of para-hydroxylation sites is 1. The van der Waals surface area contributed by atoms with Gasteiger partial charge in [-0.1, -0.05) is 25.5 Å². The molecule has 172 valence electrons. The quantitative estimate of drug-likeness (QED) is 0.443. The lowest BCUT2D eigenvalue weighted by molar-refractivity contribution is -0.387. The fourth-order valence-electron chi connectivity index (χ4n) is 3.66. The smallest absolute Gasteiger partial charge is 0.289 e. The van der Waals surface area contributed by atoms with Gasteiger partial charge in [0.25, 0.3) is 11.6 Å². The number of carbonyl (C=O) groups is 1. The second-order valence-corrected chi connectivity index (χ2v) is 9.65. The van der Waals surface area contributed by atoms with Crippen molar-refractivity contribution in [3.63, 3.8) is 0 Å². The second kappa shape index (κ2) is 10.1. The molecule has 0 N–H and O–H groups in total. The van der Waals surface area contributed by atoms with Crippen LogP contribution >= 0.6 is 0 Å². The maximum absolute atomic E-state index is 12.9. The minimum atomic E-state index is -4.03. The van der Waals surface area contributed by atoms with Crippen molar-refractivity contribution in [3.8, 4) is 0 Å². The third kappa shape index (κ3) is 5.08. The molecule has 0 spiro atoms. The Morgan fingerprint density at radius 3 is 2.28 bits per heavy atom. The van der Waals surface area contributed by atoms with Gasteiger partial charge in [0.2, 0.25) is 10.0 Å². The van der Waals surface area contributed by atoms with E-state index in [-0.39, 0.29) is 37.0 Å². The number of piperazine rings is 1. The van der Waals surface area contributed by atoms with E-state index in [0.29, 0.717) is 5.56 Å². The summed E-state index contributed by atoms with van der Waals surface area (Å²) in [5.74, 6) is -0.157. The van der Waals surface area contributed by atoms with Crippen LogP contribution in [0.2, 0.25) is 0 Å². The molecule has 0 aliphatic carbocycles. The summed E-state index contributed by atoms with van der Waals surface area (Å²) >= 11 is 0. The highest BCUT2D eigenvalue weighted by molar-refractivity contribution is 7.89. The number of anilines is 1. The number of hydrogen-bond acceptors (Lipinski definition) is 6. The first-order valence-electron chi connectivity index (χ1n) is 10.6. The molecule has 10 heteroatoms. The first-order valence-corrected chi connectivity index (χ1v) is 12.0. The topological polar surface area (TPSA) is 104 Å². The van der Waals surface area contributed by atoms with Gasteiger partial charge in [0, 0.05) is 57.1 Å². The van der Waals surface area contributed by atoms with Crippen molar-refractivity contribution in [2.75, 3.05) is 44.7 Å². The number of nitro groups is 1. The Hall–Kier alpha value is -2.98. The molecule has 0 bridgehead atoms. The Morgan fingerprint density at radius 1 is 1.06 bits per heavy atom. The molecule has 1 heterocycles. The van der Waals surface area contributed by atoms with Gasteiger partial charge in [-0.2, -0.15) is 4.31 Å². The summed E-state index contributed by atoms with van der Waals surface area (Å²) < 4.78 is 27.1. The van der Waals surface area contributed by atoms with E-state index >= 15 is 0 Å². The predicted octanol–water partition coefficient (Wildman–Crippen LogP) is 2.98. The molecule has 0 saturated carbocycles. The molecule has 0 unspecified atom stereocenters. The highest BCUT2D eigenvalue weighted by atomic mass is 32.2. The SMILES string of the molecule is CCCCN(C)c1ccc(C(=O)N2CCN(S(=O)(=O)c3ccccc3[N+](=O)[O-])CC2)cc1. The van der Waals surface area contributed by atoms with Crippen molar-refractivity contribution in [1.82, 2.24) is 9.21 Å². The van der Waals surface area contributed by atoms with E-state index in [1.54, 1.807) is 17.0 Å². The van der Waals surface area contributed by atoms with E-state index in [4.69, 9.17) is 0 Å². The number of nitrogens with zero attached hydrogens (tertiary/aromatic N) is 4. The minimum Gasteiger partial charge on any atom is -0.375 e. The number of amides is 1. The molecular formula is C22H28N4O5S. The third-order valence-corrected chi connectivity index (χ3v) is 7.55. The van der Waals surface area contributed by atoms with Gasteiger partial charge in [-0.25, -0.2) is 8.42 Å². The summed E-state index contributed by atoms with van der Waals surface area (Å²) in [6.45, 7) is 3.69. The van der Waals surface area contributed by atoms with Crippen molar-refractivity contribution in [1.29, 1.82) is 0 Å². The zero-order chi connectivity index (χ0) is 23.3. The van der Waals surface area contributed by atoms with Crippen LogP contribution in [-0.4, -0.2) is 68.2 Å². The minimum absolute atomic E-state index is 0.0813. The van der Waals surface area contributed by atoms with Crippen LogP contribution in [0.25, 0.3) is 0 Å². The van der Waals surface area contributed by atoms with Crippen molar-refractivity contribution in [2.45, 2.75) is 24.7 Å². The summed E-state index contributed by atoms with van der Waals surface area (Å²) in [6, 6.07) is 12.7. The maximum atomic E-state index is 12.9. The van der Waals surface area contributed by atoms with Gasteiger partial charge in [0.05, 0.1) is 4.92 Å². The summed E-state index contributed by atoms with van der Waals surface area (Å²) in [5.41, 5.74) is 1.14. The van der Waals surface area contributed by atoms with Crippen LogP contribution in [0.15, 0.2) is 53.4 Å². The van der Waals surface area contributed by atoms with Gasteiger partial charge < -0.3 is 9.80 Å². The summed E-state index contributed by atoms with van der Waals surface area (Å²) in [7, 11) is -2.01. The average Bonchev–Trinajstić information content (AvgIpc) is 2.82. The molecule has 0 radical (unpaired) electrons. The van der Waals surface area contributed by atoms with E-state index in [0.717, 1.165) is 25.1 Å². The van der Waals surface area contributed by atoms with Crippen molar-refractivity contribution >= 4 is 27.3 Å². The Morgan fingerprint density at radius 2 is 1.69 bits per heavy atom. The number of carbonyl (C=O) groups excluding carboxylic acids is 1. The number of unbranched alkanes of at least 4 members (excludes halogenated alkanes) is 1. The molecule has 3 rings (SSSR count). The van der Waals surface area contributed by atoms with Crippen LogP contribution in [-0.2, 0) is 10.0 Å². The van der Waals surface area contributed by atoms with Crippen LogP contribution in [0, 0.1) is 10.1 Å². The van der Waals surface area contributed by atoms with Crippen molar-refractivity contribution in [2.24, 2.45) is 0 Å². The van der Waals surface area contributed by atoms with Gasteiger partial charge in [-0.05, 0) is 36.8 Å². The number of hydrogen-bond donors (Lipinski definition) is 0. The van der Waals surface area contributed by atoms with E-state index in [2.05, 4.69) is 11.8 Å². The van der Waals surface area contributed by atoms with Crippen LogP contribution < -0.4 is 4.90 Å². The van der Waals surface area contributed by atoms with Crippen LogP contribution in [0.1, 0.15) is 30.1 Å². The highest BCUT2D eigenvalue weighted by Gasteiger charge is 2.34. The first kappa shape index (κ1) is 23.7. The molecular weight excluding hydrogens is 432 g/mol. The lowest BCUT2D eigenvalue weighted by Crippen LogP contribution is -2.50. The molecule has 2 aromatic carbocycles. The number of nitro benzene ring substituents is 1. The summed E-state index contributed by atoms with van der Waals surface area (Å²) in [6.07, 6.45) is 2.21. The molecule has 1 fully saturated rings. The van der Waals surface area contributed by atoms with Gasteiger partial charge in [0.15, 0.2) is 4.90 Å². The van der Waals surface area contributed by atoms with E-state index in [1.807, 2.05) is 19.2 Å². The Bertz CT molecular complexity index is 1060. The van der Waals surface area contributed by atoms with Gasteiger partial charge >= 0.3 is 0 Å². The van der Waals surface area contributed by atoms with Gasteiger partial charge in [-0.15, -0.1) is 0 Å². The van der Waals surface area contributed by atoms with E-state index in [9.17, 15) is 23.3 Å². The molecule has 0 atom stereocenters. The standard InChI is InChI=1S/C22H28N4O5S/c1-3-4-13-23(2)19-11-9-18(10-12-19)22(27)24-14-16-25(17-15-24)32(30,31)21-8-6-5-7-20(21)26(28)29/h5-12H,3-4,13-17H2,1-2H3. The van der Waals surface area contributed by atoms with E-state index < -0.39 is 20.6 Å². The molecule has 1 aliphatic heterocycles. The molecule has 2 aromatic rings. The Balaban J connectivity index is 1.65. The summed E-state index contributed by atoms with van der Waals surface area (Å²) in [4.78, 5) is 26.8. The zero-order valence-electron chi connectivity index (χ0n) is 18.3. The van der Waals surface area contributed by atoms with Crippen molar-refractivity contribution in [3.05, 3.63) is 64.2 Å². The fraction of sp³-hybridized carbons (Fsp3) is 0.409. The lowest BCUT2D eigenvalue weighted by atomic mass is 10.1. The van der Waals surface area contributed by atoms with Crippen molar-refractivity contribution < 1.29 is 18.1 Å². The van der Waals surface area contributed by atoms with Gasteiger partial charge in [0.1, 0.15) is 0 Å². The molecule has 1 saturated heterocycles. The normalized spacial score (nSPS) is 14.9. The van der Waals surface area contributed by atoms with Crippen LogP contribution in [0.5, 0.6) is 0 Å².